The van der Waals surface area contributed by atoms with Gasteiger partial charge in [0.05, 0.1) is 5.56 Å². The van der Waals surface area contributed by atoms with E-state index in [9.17, 15) is 0 Å². The summed E-state index contributed by atoms with van der Waals surface area (Å²) in [5.74, 6) is 1.49. The van der Waals surface area contributed by atoms with Crippen LogP contribution in [-0.4, -0.2) is 45.0 Å². The Hall–Kier alpha value is -2.97. The summed E-state index contributed by atoms with van der Waals surface area (Å²) in [4.78, 5) is 14.1. The molecule has 3 N–H and O–H groups in total. The number of hydrogen-bond acceptors (Lipinski definition) is 8. The number of allylic oxidation sites excluding steroid dienone is 2. The second-order valence-corrected chi connectivity index (χ2v) is 9.47. The SMILES string of the molecule is C/C=C(\C=N/CC)c1cccc(-c2ncc(-c3nnc(C)s3)c(NC3CCC(N)CC3)n2)c1. The van der Waals surface area contributed by atoms with E-state index in [2.05, 4.69) is 38.7 Å². The van der Waals surface area contributed by atoms with Crippen molar-refractivity contribution in [2.75, 3.05) is 11.9 Å². The molecule has 33 heavy (non-hydrogen) atoms. The summed E-state index contributed by atoms with van der Waals surface area (Å²) in [6, 6.07) is 8.92. The Morgan fingerprint density at radius 3 is 2.76 bits per heavy atom. The van der Waals surface area contributed by atoms with Crippen molar-refractivity contribution >= 4 is 28.9 Å². The van der Waals surface area contributed by atoms with Gasteiger partial charge in [0, 0.05) is 36.6 Å². The molecule has 1 fully saturated rings. The Balaban J connectivity index is 1.69. The van der Waals surface area contributed by atoms with Crippen molar-refractivity contribution in [3.8, 4) is 22.0 Å². The van der Waals surface area contributed by atoms with Crippen molar-refractivity contribution in [1.29, 1.82) is 0 Å². The maximum Gasteiger partial charge on any atom is 0.161 e. The highest BCUT2D eigenvalue weighted by Crippen LogP contribution is 2.32. The van der Waals surface area contributed by atoms with E-state index in [0.29, 0.717) is 17.9 Å². The topological polar surface area (TPSA) is 102 Å². The first-order valence-electron chi connectivity index (χ1n) is 11.5. The molecule has 2 aromatic heterocycles. The zero-order chi connectivity index (χ0) is 23.2. The van der Waals surface area contributed by atoms with Crippen LogP contribution in [0.25, 0.3) is 27.5 Å². The predicted molar refractivity (Wildman–Crippen MR) is 138 cm³/mol. The molecule has 0 saturated heterocycles. The highest BCUT2D eigenvalue weighted by Gasteiger charge is 2.22. The molecular formula is C25H31N7S. The summed E-state index contributed by atoms with van der Waals surface area (Å²) in [5, 5.41) is 13.9. The van der Waals surface area contributed by atoms with Crippen molar-refractivity contribution in [1.82, 2.24) is 20.2 Å². The number of rotatable bonds is 7. The molecule has 0 spiro atoms. The first kappa shape index (κ1) is 23.2. The van der Waals surface area contributed by atoms with E-state index in [0.717, 1.165) is 70.3 Å². The number of hydrogen-bond donors (Lipinski definition) is 2. The first-order valence-corrected chi connectivity index (χ1v) is 12.4. The predicted octanol–water partition coefficient (Wildman–Crippen LogP) is 5.15. The van der Waals surface area contributed by atoms with Gasteiger partial charge in [-0.2, -0.15) is 0 Å². The van der Waals surface area contributed by atoms with Gasteiger partial charge in [0.25, 0.3) is 0 Å². The quantitative estimate of drug-likeness (QED) is 0.472. The second-order valence-electron chi connectivity index (χ2n) is 8.29. The summed E-state index contributed by atoms with van der Waals surface area (Å²) in [6.45, 7) is 6.77. The van der Waals surface area contributed by atoms with E-state index >= 15 is 0 Å². The zero-order valence-corrected chi connectivity index (χ0v) is 20.3. The number of aliphatic imine (C=N–C) groups is 1. The molecule has 0 unspecified atom stereocenters. The third-order valence-corrected chi connectivity index (χ3v) is 6.71. The van der Waals surface area contributed by atoms with Crippen LogP contribution in [0.3, 0.4) is 0 Å². The zero-order valence-electron chi connectivity index (χ0n) is 19.5. The van der Waals surface area contributed by atoms with Gasteiger partial charge >= 0.3 is 0 Å². The lowest BCUT2D eigenvalue weighted by Gasteiger charge is -2.27. The van der Waals surface area contributed by atoms with Gasteiger partial charge < -0.3 is 11.1 Å². The van der Waals surface area contributed by atoms with Crippen LogP contribution < -0.4 is 11.1 Å². The number of aromatic nitrogens is 4. The lowest BCUT2D eigenvalue weighted by Crippen LogP contribution is -2.33. The Labute approximate surface area is 199 Å². The number of nitrogens with one attached hydrogen (secondary N) is 1. The Kier molecular flexibility index (Phi) is 7.57. The molecule has 0 amide bonds. The Morgan fingerprint density at radius 2 is 2.06 bits per heavy atom. The second kappa shape index (κ2) is 10.8. The van der Waals surface area contributed by atoms with E-state index in [-0.39, 0.29) is 0 Å². The largest absolute Gasteiger partial charge is 0.367 e. The molecule has 4 rings (SSSR count). The van der Waals surface area contributed by atoms with E-state index < -0.39 is 0 Å². The third kappa shape index (κ3) is 5.69. The summed E-state index contributed by atoms with van der Waals surface area (Å²) >= 11 is 1.55. The summed E-state index contributed by atoms with van der Waals surface area (Å²) in [6.07, 6.45) is 9.97. The average molecular weight is 462 g/mol. The average Bonchev–Trinajstić information content (AvgIpc) is 3.27. The van der Waals surface area contributed by atoms with Gasteiger partial charge in [0.1, 0.15) is 10.8 Å². The monoisotopic (exact) mass is 461 g/mol. The Bertz CT molecular complexity index is 1140. The van der Waals surface area contributed by atoms with Crippen LogP contribution in [0.5, 0.6) is 0 Å². The lowest BCUT2D eigenvalue weighted by molar-refractivity contribution is 0.410. The summed E-state index contributed by atoms with van der Waals surface area (Å²) in [5.41, 5.74) is 10.1. The van der Waals surface area contributed by atoms with Gasteiger partial charge in [-0.3, -0.25) is 4.99 Å². The highest BCUT2D eigenvalue weighted by molar-refractivity contribution is 7.14. The fourth-order valence-corrected chi connectivity index (χ4v) is 4.70. The minimum Gasteiger partial charge on any atom is -0.367 e. The number of benzene rings is 1. The van der Waals surface area contributed by atoms with Gasteiger partial charge in [-0.15, -0.1) is 10.2 Å². The smallest absolute Gasteiger partial charge is 0.161 e. The molecule has 2 heterocycles. The highest BCUT2D eigenvalue weighted by atomic mass is 32.1. The Morgan fingerprint density at radius 1 is 1.24 bits per heavy atom. The molecule has 0 atom stereocenters. The molecule has 172 valence electrons. The van der Waals surface area contributed by atoms with Crippen LogP contribution in [0.2, 0.25) is 0 Å². The number of aryl methyl sites for hydroxylation is 1. The maximum absolute atomic E-state index is 6.11. The van der Waals surface area contributed by atoms with Crippen LogP contribution in [-0.2, 0) is 0 Å². The molecule has 1 aromatic carbocycles. The van der Waals surface area contributed by atoms with Gasteiger partial charge in [0.2, 0.25) is 0 Å². The third-order valence-electron chi connectivity index (χ3n) is 5.84. The molecule has 0 radical (unpaired) electrons. The lowest BCUT2D eigenvalue weighted by atomic mass is 9.92. The molecule has 0 aliphatic heterocycles. The number of nitrogens with two attached hydrogens (primary N) is 1. The van der Waals surface area contributed by atoms with Gasteiger partial charge in [0.15, 0.2) is 10.8 Å². The molecule has 1 saturated carbocycles. The first-order chi connectivity index (χ1) is 16.1. The van der Waals surface area contributed by atoms with Gasteiger partial charge in [-0.25, -0.2) is 9.97 Å². The van der Waals surface area contributed by atoms with Crippen LogP contribution in [0.15, 0.2) is 41.5 Å². The maximum atomic E-state index is 6.11. The molecule has 7 nitrogen and oxygen atoms in total. The minimum absolute atomic E-state index is 0.300. The van der Waals surface area contributed by atoms with E-state index in [1.165, 1.54) is 0 Å². The number of anilines is 1. The fraction of sp³-hybridized carbons (Fsp3) is 0.400. The van der Waals surface area contributed by atoms with Gasteiger partial charge in [-0.05, 0) is 63.7 Å². The van der Waals surface area contributed by atoms with Crippen molar-refractivity contribution in [3.63, 3.8) is 0 Å². The van der Waals surface area contributed by atoms with Crippen molar-refractivity contribution < 1.29 is 0 Å². The summed E-state index contributed by atoms with van der Waals surface area (Å²) < 4.78 is 0. The van der Waals surface area contributed by atoms with Crippen molar-refractivity contribution in [3.05, 3.63) is 47.1 Å². The van der Waals surface area contributed by atoms with E-state index in [4.69, 9.17) is 15.7 Å². The fourth-order valence-electron chi connectivity index (χ4n) is 3.99. The van der Waals surface area contributed by atoms with Gasteiger partial charge in [-0.1, -0.05) is 35.6 Å². The van der Waals surface area contributed by atoms with E-state index in [1.807, 2.05) is 45.3 Å². The van der Waals surface area contributed by atoms with Crippen molar-refractivity contribution in [2.45, 2.75) is 58.5 Å². The molecule has 0 bridgehead atoms. The van der Waals surface area contributed by atoms with Crippen LogP contribution in [0.1, 0.15) is 50.1 Å². The van der Waals surface area contributed by atoms with Crippen LogP contribution in [0, 0.1) is 6.92 Å². The summed E-state index contributed by atoms with van der Waals surface area (Å²) in [7, 11) is 0. The normalized spacial score (nSPS) is 19.2. The van der Waals surface area contributed by atoms with Crippen LogP contribution >= 0.6 is 11.3 Å². The standard InChI is InChI=1S/C25H31N7S/c1-4-17(14-27-5-2)18-7-6-8-19(13-18)23-28-15-22(25-32-31-16(3)33-25)24(30-23)29-21-11-9-20(26)10-12-21/h4,6-8,13-15,20-21H,5,9-12,26H2,1-3H3,(H,28,29,30)/b17-4+,27-14-. The van der Waals surface area contributed by atoms with Crippen molar-refractivity contribution in [2.24, 2.45) is 10.7 Å². The molecule has 1 aliphatic carbocycles. The van der Waals surface area contributed by atoms with Crippen LogP contribution in [0.4, 0.5) is 5.82 Å². The minimum atomic E-state index is 0.300. The molecule has 8 heteroatoms. The molecule has 3 aromatic rings. The molecular weight excluding hydrogens is 430 g/mol. The van der Waals surface area contributed by atoms with E-state index in [1.54, 1.807) is 11.3 Å². The molecule has 1 aliphatic rings. The number of nitrogens with zero attached hydrogens (tertiary/aromatic N) is 5.